The molecule has 1 saturated carbocycles. The number of thioether (sulfide) groups is 1. The third kappa shape index (κ3) is 4.02. The molecule has 1 aliphatic carbocycles. The fourth-order valence-electron chi connectivity index (χ4n) is 2.72. The Labute approximate surface area is 160 Å². The third-order valence-corrected chi connectivity index (χ3v) is 6.16. The first-order valence-electron chi connectivity index (χ1n) is 8.63. The van der Waals surface area contributed by atoms with E-state index in [0.717, 1.165) is 36.0 Å². The lowest BCUT2D eigenvalue weighted by Crippen LogP contribution is -2.30. The summed E-state index contributed by atoms with van der Waals surface area (Å²) < 4.78 is 7.47. The van der Waals surface area contributed by atoms with Crippen molar-refractivity contribution in [3.63, 3.8) is 0 Å². The largest absolute Gasteiger partial charge is 0.467 e. The third-order valence-electron chi connectivity index (χ3n) is 4.23. The lowest BCUT2D eigenvalue weighted by molar-refractivity contribution is -0.120. The molecule has 1 fully saturated rings. The minimum absolute atomic E-state index is 0.0310. The minimum Gasteiger partial charge on any atom is -0.467 e. The summed E-state index contributed by atoms with van der Waals surface area (Å²) in [7, 11) is 0. The average Bonchev–Trinajstić information content (AvgIpc) is 3.06. The van der Waals surface area contributed by atoms with E-state index >= 15 is 0 Å². The maximum Gasteiger partial charge on any atom is 0.233 e. The first-order valence-corrected chi connectivity index (χ1v) is 10.4. The summed E-state index contributed by atoms with van der Waals surface area (Å²) in [6.45, 7) is 2.29. The average molecular weight is 389 g/mol. The molecule has 0 aliphatic heterocycles. The fourth-order valence-corrected chi connectivity index (χ4v) is 4.38. The second kappa shape index (κ2) is 7.67. The van der Waals surface area contributed by atoms with Gasteiger partial charge < -0.3 is 14.3 Å². The van der Waals surface area contributed by atoms with Crippen LogP contribution >= 0.6 is 23.1 Å². The van der Waals surface area contributed by atoms with Gasteiger partial charge in [0.1, 0.15) is 11.6 Å². The number of nitrogens with one attached hydrogen (secondary N) is 1. The summed E-state index contributed by atoms with van der Waals surface area (Å²) in [5.74, 6) is 1.70. The van der Waals surface area contributed by atoms with Crippen molar-refractivity contribution in [2.45, 2.75) is 49.2 Å². The highest BCUT2D eigenvalue weighted by Crippen LogP contribution is 2.40. The minimum atomic E-state index is -0.249. The Balaban J connectivity index is 1.42. The molecule has 0 saturated heterocycles. The van der Waals surface area contributed by atoms with E-state index < -0.39 is 0 Å². The molecular weight excluding hydrogens is 368 g/mol. The van der Waals surface area contributed by atoms with Crippen LogP contribution in [0.1, 0.15) is 42.3 Å². The van der Waals surface area contributed by atoms with Crippen LogP contribution in [0, 0.1) is 0 Å². The van der Waals surface area contributed by atoms with Crippen molar-refractivity contribution < 1.29 is 9.21 Å². The van der Waals surface area contributed by atoms with Crippen LogP contribution in [0.25, 0.3) is 0 Å². The quantitative estimate of drug-likeness (QED) is 0.596. The molecule has 0 radical (unpaired) electrons. The molecule has 0 aromatic carbocycles. The van der Waals surface area contributed by atoms with Crippen LogP contribution < -0.4 is 5.32 Å². The second-order valence-electron chi connectivity index (χ2n) is 6.31. The first-order chi connectivity index (χ1) is 12.7. The van der Waals surface area contributed by atoms with Crippen LogP contribution in [-0.2, 0) is 17.8 Å². The number of hydrogen-bond donors (Lipinski definition) is 1. The zero-order valence-corrected chi connectivity index (χ0v) is 16.1. The van der Waals surface area contributed by atoms with Gasteiger partial charge in [0.05, 0.1) is 18.1 Å². The predicted octanol–water partition coefficient (Wildman–Crippen LogP) is 3.66. The van der Waals surface area contributed by atoms with Crippen molar-refractivity contribution in [3.05, 3.63) is 52.4 Å². The summed E-state index contributed by atoms with van der Waals surface area (Å²) in [4.78, 5) is 13.7. The number of aromatic nitrogens is 3. The summed E-state index contributed by atoms with van der Waals surface area (Å²) >= 11 is 3.20. The van der Waals surface area contributed by atoms with E-state index in [1.807, 2.05) is 19.1 Å². The van der Waals surface area contributed by atoms with E-state index in [4.69, 9.17) is 4.42 Å². The normalized spacial score (nSPS) is 15.1. The van der Waals surface area contributed by atoms with Gasteiger partial charge >= 0.3 is 0 Å². The number of carbonyl (C=O) groups excluding carboxylic acids is 1. The standard InChI is InChI=1S/C18H20N4O2S2/c1-12(17(23)19-11-14-4-2-8-24-14)26-18-21-20-16(22(18)13-6-7-13)10-15-5-3-9-25-15/h2-5,8-9,12-13H,6-7,10-11H2,1H3,(H,19,23). The van der Waals surface area contributed by atoms with Crippen LogP contribution in [0.15, 0.2) is 45.5 Å². The predicted molar refractivity (Wildman–Crippen MR) is 101 cm³/mol. The van der Waals surface area contributed by atoms with Gasteiger partial charge in [0.15, 0.2) is 5.16 Å². The number of hydrogen-bond acceptors (Lipinski definition) is 6. The molecule has 8 heteroatoms. The van der Waals surface area contributed by atoms with Gasteiger partial charge in [-0.1, -0.05) is 17.8 Å². The number of nitrogens with zero attached hydrogens (tertiary/aromatic N) is 3. The summed E-state index contributed by atoms with van der Waals surface area (Å²) in [5, 5.41) is 14.3. The molecule has 0 bridgehead atoms. The van der Waals surface area contributed by atoms with Gasteiger partial charge in [0, 0.05) is 17.3 Å². The molecule has 1 unspecified atom stereocenters. The smallest absolute Gasteiger partial charge is 0.233 e. The molecule has 4 rings (SSSR count). The van der Waals surface area contributed by atoms with Crippen LogP contribution in [0.2, 0.25) is 0 Å². The number of rotatable bonds is 8. The van der Waals surface area contributed by atoms with Gasteiger partial charge in [0.2, 0.25) is 5.91 Å². The Kier molecular flexibility index (Phi) is 5.12. The topological polar surface area (TPSA) is 73.0 Å². The van der Waals surface area contributed by atoms with Crippen molar-refractivity contribution in [2.75, 3.05) is 0 Å². The highest BCUT2D eigenvalue weighted by Gasteiger charge is 2.31. The Hall–Kier alpha value is -2.06. The van der Waals surface area contributed by atoms with Crippen molar-refractivity contribution in [2.24, 2.45) is 0 Å². The van der Waals surface area contributed by atoms with Gasteiger partial charge in [0.25, 0.3) is 0 Å². The van der Waals surface area contributed by atoms with Gasteiger partial charge in [-0.15, -0.1) is 21.5 Å². The zero-order chi connectivity index (χ0) is 17.9. The summed E-state index contributed by atoms with van der Waals surface area (Å²) in [6.07, 6.45) is 4.71. The van der Waals surface area contributed by atoms with Crippen molar-refractivity contribution in [1.29, 1.82) is 0 Å². The summed E-state index contributed by atoms with van der Waals surface area (Å²) in [6, 6.07) is 8.30. The number of amides is 1. The van der Waals surface area contributed by atoms with E-state index in [9.17, 15) is 4.79 Å². The van der Waals surface area contributed by atoms with Gasteiger partial charge in [-0.3, -0.25) is 4.79 Å². The number of thiophene rings is 1. The van der Waals surface area contributed by atoms with Crippen LogP contribution in [0.3, 0.4) is 0 Å². The van der Waals surface area contributed by atoms with Gasteiger partial charge in [-0.2, -0.15) is 0 Å². The molecule has 136 valence electrons. The monoisotopic (exact) mass is 388 g/mol. The Morgan fingerprint density at radius 3 is 3.00 bits per heavy atom. The molecular formula is C18H20N4O2S2. The lowest BCUT2D eigenvalue weighted by Gasteiger charge is -2.12. The Morgan fingerprint density at radius 2 is 2.31 bits per heavy atom. The van der Waals surface area contributed by atoms with Gasteiger partial charge in [-0.25, -0.2) is 0 Å². The van der Waals surface area contributed by atoms with Crippen molar-refractivity contribution in [3.8, 4) is 0 Å². The van der Waals surface area contributed by atoms with E-state index in [0.29, 0.717) is 12.6 Å². The first kappa shape index (κ1) is 17.4. The lowest BCUT2D eigenvalue weighted by atomic mass is 10.3. The molecule has 1 aliphatic rings. The molecule has 3 aromatic heterocycles. The van der Waals surface area contributed by atoms with E-state index in [-0.39, 0.29) is 11.2 Å². The molecule has 3 heterocycles. The van der Waals surface area contributed by atoms with Crippen LogP contribution in [0.5, 0.6) is 0 Å². The molecule has 3 aromatic rings. The molecule has 26 heavy (non-hydrogen) atoms. The maximum absolute atomic E-state index is 12.4. The molecule has 1 amide bonds. The van der Waals surface area contributed by atoms with Crippen molar-refractivity contribution in [1.82, 2.24) is 20.1 Å². The second-order valence-corrected chi connectivity index (χ2v) is 8.65. The van der Waals surface area contributed by atoms with Gasteiger partial charge in [-0.05, 0) is 43.3 Å². The SMILES string of the molecule is CC(Sc1nnc(Cc2cccs2)n1C1CC1)C(=O)NCc1ccco1. The van der Waals surface area contributed by atoms with Crippen LogP contribution in [-0.4, -0.2) is 25.9 Å². The highest BCUT2D eigenvalue weighted by molar-refractivity contribution is 8.00. The van der Waals surface area contributed by atoms with E-state index in [1.54, 1.807) is 17.6 Å². The Morgan fingerprint density at radius 1 is 1.42 bits per heavy atom. The van der Waals surface area contributed by atoms with E-state index in [1.165, 1.54) is 16.6 Å². The molecule has 6 nitrogen and oxygen atoms in total. The number of carbonyl (C=O) groups is 1. The van der Waals surface area contributed by atoms with E-state index in [2.05, 4.69) is 37.6 Å². The zero-order valence-electron chi connectivity index (χ0n) is 14.4. The molecule has 1 atom stereocenters. The summed E-state index contributed by atoms with van der Waals surface area (Å²) in [5.41, 5.74) is 0. The molecule has 0 spiro atoms. The fraction of sp³-hybridized carbons (Fsp3) is 0.389. The number of furan rings is 1. The Bertz CT molecular complexity index is 854. The van der Waals surface area contributed by atoms with Crippen LogP contribution in [0.4, 0.5) is 0 Å². The van der Waals surface area contributed by atoms with Crippen molar-refractivity contribution >= 4 is 29.0 Å². The molecule has 1 N–H and O–H groups in total. The highest BCUT2D eigenvalue weighted by atomic mass is 32.2. The maximum atomic E-state index is 12.4.